The van der Waals surface area contributed by atoms with Gasteiger partial charge in [-0.05, 0) is 43.4 Å². The molecule has 0 spiro atoms. The third-order valence-electron chi connectivity index (χ3n) is 8.44. The Hall–Kier alpha value is -1.69. The molecule has 3 saturated carbocycles. The van der Waals surface area contributed by atoms with Gasteiger partial charge in [-0.25, -0.2) is 0 Å². The van der Waals surface area contributed by atoms with Crippen LogP contribution in [0.5, 0.6) is 0 Å². The number of esters is 2. The van der Waals surface area contributed by atoms with Crippen LogP contribution < -0.4 is 0 Å². The Balaban J connectivity index is 1.73. The second-order valence-electron chi connectivity index (χ2n) is 9.73. The summed E-state index contributed by atoms with van der Waals surface area (Å²) in [5.41, 5.74) is 0.158. The Kier molecular flexibility index (Phi) is 5.12. The fourth-order valence-corrected chi connectivity index (χ4v) is 7.23. The zero-order valence-corrected chi connectivity index (χ0v) is 17.6. The van der Waals surface area contributed by atoms with Crippen LogP contribution in [0.4, 0.5) is 0 Å². The normalized spacial score (nSPS) is 43.5. The number of allylic oxidation sites excluding steroid dienone is 1. The van der Waals surface area contributed by atoms with E-state index in [-0.39, 0.29) is 36.0 Å². The first-order valence-corrected chi connectivity index (χ1v) is 10.9. The van der Waals surface area contributed by atoms with Crippen LogP contribution in [0.3, 0.4) is 0 Å². The maximum atomic E-state index is 12.6. The summed E-state index contributed by atoms with van der Waals surface area (Å²) in [4.78, 5) is 36.1. The van der Waals surface area contributed by atoms with E-state index < -0.39 is 11.5 Å². The third-order valence-corrected chi connectivity index (χ3v) is 8.44. The average molecular weight is 405 g/mol. The number of ether oxygens (including phenoxy) is 2. The molecule has 3 fully saturated rings. The van der Waals surface area contributed by atoms with E-state index in [1.807, 2.05) is 0 Å². The first kappa shape index (κ1) is 20.6. The number of aliphatic hydroxyl groups excluding tert-OH is 1. The molecule has 0 radical (unpaired) electrons. The molecule has 1 N–H and O–H groups in total. The first-order valence-electron chi connectivity index (χ1n) is 10.9. The molecule has 6 heteroatoms. The molecule has 0 aromatic carbocycles. The second kappa shape index (κ2) is 7.22. The summed E-state index contributed by atoms with van der Waals surface area (Å²) in [5, 5.41) is 10.7. The van der Waals surface area contributed by atoms with Crippen LogP contribution in [0.15, 0.2) is 11.6 Å². The van der Waals surface area contributed by atoms with Gasteiger partial charge in [0.15, 0.2) is 0 Å². The van der Waals surface area contributed by atoms with Crippen LogP contribution in [0, 0.1) is 28.6 Å². The van der Waals surface area contributed by atoms with Crippen molar-refractivity contribution in [2.45, 2.75) is 77.9 Å². The summed E-state index contributed by atoms with van der Waals surface area (Å²) in [7, 11) is 0. The highest BCUT2D eigenvalue weighted by Crippen LogP contribution is 2.64. The van der Waals surface area contributed by atoms with Gasteiger partial charge in [0.25, 0.3) is 0 Å². The van der Waals surface area contributed by atoms with Crippen LogP contribution in [0.1, 0.15) is 65.7 Å². The lowest BCUT2D eigenvalue weighted by Gasteiger charge is -2.59. The van der Waals surface area contributed by atoms with Crippen molar-refractivity contribution in [2.24, 2.45) is 28.6 Å². The predicted octanol–water partition coefficient (Wildman–Crippen LogP) is 2.96. The lowest BCUT2D eigenvalue weighted by molar-refractivity contribution is -0.178. The molecule has 0 unspecified atom stereocenters. The van der Waals surface area contributed by atoms with E-state index >= 15 is 0 Å². The number of carbonyl (C=O) groups excluding carboxylic acids is 3. The Morgan fingerprint density at radius 2 is 1.90 bits per heavy atom. The summed E-state index contributed by atoms with van der Waals surface area (Å²) in [6.45, 7) is 4.80. The molecule has 160 valence electrons. The Morgan fingerprint density at radius 1 is 1.17 bits per heavy atom. The van der Waals surface area contributed by atoms with Crippen molar-refractivity contribution in [3.63, 3.8) is 0 Å². The van der Waals surface area contributed by atoms with Crippen LogP contribution in [0.2, 0.25) is 0 Å². The van der Waals surface area contributed by atoms with Crippen LogP contribution >= 0.6 is 0 Å². The van der Waals surface area contributed by atoms with E-state index in [1.165, 1.54) is 13.8 Å². The monoisotopic (exact) mass is 404 g/mol. The van der Waals surface area contributed by atoms with E-state index in [0.29, 0.717) is 36.9 Å². The SMILES string of the molecule is CC(=O)O[C@@H]1CC2=CC[C@@H]3[C@H](CC[C@]4(C)C(=O)CC[C@@H]34)[C@@]2(CO)[C@@H](OC(C)=O)C1. The number of hydrogen-bond acceptors (Lipinski definition) is 6. The zero-order chi connectivity index (χ0) is 21.0. The number of carbonyl (C=O) groups is 3. The number of rotatable bonds is 3. The van der Waals surface area contributed by atoms with E-state index in [0.717, 1.165) is 31.3 Å². The summed E-state index contributed by atoms with van der Waals surface area (Å²) < 4.78 is 11.3. The molecule has 29 heavy (non-hydrogen) atoms. The number of ketones is 1. The lowest BCUT2D eigenvalue weighted by Crippen LogP contribution is -2.59. The number of fused-ring (bicyclic) bond motifs is 5. The molecule has 0 aromatic heterocycles. The molecule has 0 aromatic rings. The Bertz CT molecular complexity index is 756. The van der Waals surface area contributed by atoms with Gasteiger partial charge in [0.1, 0.15) is 18.0 Å². The molecule has 4 aliphatic carbocycles. The van der Waals surface area contributed by atoms with Crippen molar-refractivity contribution >= 4 is 17.7 Å². The molecule has 4 rings (SSSR count). The molecule has 0 saturated heterocycles. The summed E-state index contributed by atoms with van der Waals surface area (Å²) in [5.74, 6) is 0.436. The quantitative estimate of drug-likeness (QED) is 0.575. The minimum absolute atomic E-state index is 0.0951. The van der Waals surface area contributed by atoms with Crippen molar-refractivity contribution < 1.29 is 29.0 Å². The van der Waals surface area contributed by atoms with Gasteiger partial charge in [-0.2, -0.15) is 0 Å². The molecule has 0 amide bonds. The van der Waals surface area contributed by atoms with Gasteiger partial charge < -0.3 is 14.6 Å². The topological polar surface area (TPSA) is 89.9 Å². The molecule has 7 atom stereocenters. The van der Waals surface area contributed by atoms with Gasteiger partial charge in [0.05, 0.1) is 12.0 Å². The minimum atomic E-state index is -0.641. The molecule has 0 bridgehead atoms. The number of hydrogen-bond donors (Lipinski definition) is 1. The van der Waals surface area contributed by atoms with Crippen molar-refractivity contribution in [3.05, 3.63) is 11.6 Å². The van der Waals surface area contributed by atoms with Crippen molar-refractivity contribution in [1.82, 2.24) is 0 Å². The molecule has 0 heterocycles. The molecule has 6 nitrogen and oxygen atoms in total. The second-order valence-corrected chi connectivity index (χ2v) is 9.73. The summed E-state index contributed by atoms with van der Waals surface area (Å²) in [6, 6.07) is 0. The zero-order valence-electron chi connectivity index (χ0n) is 17.6. The Morgan fingerprint density at radius 3 is 2.55 bits per heavy atom. The average Bonchev–Trinajstić information content (AvgIpc) is 2.95. The maximum absolute atomic E-state index is 12.6. The fourth-order valence-electron chi connectivity index (χ4n) is 7.23. The highest BCUT2D eigenvalue weighted by atomic mass is 16.6. The molecule has 0 aliphatic heterocycles. The van der Waals surface area contributed by atoms with Gasteiger partial charge in [0, 0.05) is 38.5 Å². The van der Waals surface area contributed by atoms with E-state index in [9.17, 15) is 19.5 Å². The predicted molar refractivity (Wildman–Crippen MR) is 105 cm³/mol. The van der Waals surface area contributed by atoms with Crippen LogP contribution in [-0.2, 0) is 23.9 Å². The van der Waals surface area contributed by atoms with E-state index in [2.05, 4.69) is 13.0 Å². The third kappa shape index (κ3) is 3.06. The van der Waals surface area contributed by atoms with Crippen molar-refractivity contribution in [1.29, 1.82) is 0 Å². The molecular weight excluding hydrogens is 372 g/mol. The van der Waals surface area contributed by atoms with E-state index in [1.54, 1.807) is 0 Å². The van der Waals surface area contributed by atoms with Gasteiger partial charge in [-0.1, -0.05) is 18.6 Å². The summed E-state index contributed by atoms with van der Waals surface area (Å²) >= 11 is 0. The molecule has 4 aliphatic rings. The van der Waals surface area contributed by atoms with Crippen molar-refractivity contribution in [2.75, 3.05) is 6.61 Å². The minimum Gasteiger partial charge on any atom is -0.462 e. The summed E-state index contributed by atoms with van der Waals surface area (Å²) in [6.07, 6.45) is 6.38. The van der Waals surface area contributed by atoms with Gasteiger partial charge in [-0.3, -0.25) is 14.4 Å². The maximum Gasteiger partial charge on any atom is 0.302 e. The van der Waals surface area contributed by atoms with Gasteiger partial charge in [-0.15, -0.1) is 0 Å². The van der Waals surface area contributed by atoms with Gasteiger partial charge >= 0.3 is 11.9 Å². The highest BCUT2D eigenvalue weighted by molar-refractivity contribution is 5.87. The number of aliphatic hydroxyl groups is 1. The largest absolute Gasteiger partial charge is 0.462 e. The highest BCUT2D eigenvalue weighted by Gasteiger charge is 2.63. The standard InChI is InChI=1S/C23H32O6/c1-13(25)28-16-10-15-4-5-17-18-6-7-20(27)22(18,3)9-8-19(17)23(15,12-24)21(11-16)29-14(2)26/h4,16-19,21,24H,5-12H2,1-3H3/t16-,17+,18+,19+,21+,22+,23+/m1/s1. The molecular formula is C23H32O6. The van der Waals surface area contributed by atoms with Crippen LogP contribution in [-0.4, -0.2) is 41.6 Å². The van der Waals surface area contributed by atoms with Gasteiger partial charge in [0.2, 0.25) is 0 Å². The number of Topliss-reactive ketones (excluding diaryl/α,β-unsaturated/α-hetero) is 1. The van der Waals surface area contributed by atoms with Crippen molar-refractivity contribution in [3.8, 4) is 0 Å². The van der Waals surface area contributed by atoms with Crippen LogP contribution in [0.25, 0.3) is 0 Å². The lowest BCUT2D eigenvalue weighted by atomic mass is 9.47. The first-order chi connectivity index (χ1) is 13.7. The van der Waals surface area contributed by atoms with E-state index in [4.69, 9.17) is 9.47 Å². The smallest absolute Gasteiger partial charge is 0.302 e. The Labute approximate surface area is 172 Å². The fraction of sp³-hybridized carbons (Fsp3) is 0.783.